The van der Waals surface area contributed by atoms with Gasteiger partial charge in [0.2, 0.25) is 5.91 Å². The lowest BCUT2D eigenvalue weighted by atomic mass is 10.3. The van der Waals surface area contributed by atoms with Gasteiger partial charge in [0.1, 0.15) is 0 Å². The molecule has 0 bridgehead atoms. The van der Waals surface area contributed by atoms with E-state index in [0.717, 1.165) is 12.8 Å². The van der Waals surface area contributed by atoms with Crippen molar-refractivity contribution in [2.24, 2.45) is 5.92 Å². The van der Waals surface area contributed by atoms with Crippen LogP contribution in [0.1, 0.15) is 26.2 Å². The summed E-state index contributed by atoms with van der Waals surface area (Å²) in [6.45, 7) is 2.18. The first-order valence-corrected chi connectivity index (χ1v) is 5.76. The van der Waals surface area contributed by atoms with E-state index in [1.807, 2.05) is 6.26 Å². The predicted molar refractivity (Wildman–Crippen MR) is 51.2 cm³/mol. The van der Waals surface area contributed by atoms with Gasteiger partial charge >= 0.3 is 0 Å². The summed E-state index contributed by atoms with van der Waals surface area (Å²) in [6.07, 6.45) is 5.35. The summed E-state index contributed by atoms with van der Waals surface area (Å²) in [5.41, 5.74) is 0. The van der Waals surface area contributed by atoms with Gasteiger partial charge in [0, 0.05) is 6.04 Å². The minimum absolute atomic E-state index is 0.0255. The summed E-state index contributed by atoms with van der Waals surface area (Å²) >= 11 is 1.71. The molecule has 2 unspecified atom stereocenters. The third-order valence-electron chi connectivity index (χ3n) is 2.93. The lowest BCUT2D eigenvalue weighted by Crippen LogP contribution is -2.36. The molecule has 2 rings (SSSR count). The van der Waals surface area contributed by atoms with Gasteiger partial charge in [-0.15, -0.1) is 11.8 Å². The van der Waals surface area contributed by atoms with E-state index < -0.39 is 0 Å². The molecule has 1 N–H and O–H groups in total. The molecule has 0 aromatic rings. The second kappa shape index (κ2) is 2.66. The Morgan fingerprint density at radius 3 is 2.50 bits per heavy atom. The third-order valence-corrected chi connectivity index (χ3v) is 4.31. The number of hydrogen-bond donors (Lipinski definition) is 1. The minimum atomic E-state index is -0.0255. The summed E-state index contributed by atoms with van der Waals surface area (Å²) in [5, 5.41) is 3.10. The first-order chi connectivity index (χ1) is 5.68. The van der Waals surface area contributed by atoms with Crippen LogP contribution in [0.2, 0.25) is 0 Å². The molecule has 0 aromatic heterocycles. The van der Waals surface area contributed by atoms with Crippen LogP contribution in [0.5, 0.6) is 0 Å². The summed E-state index contributed by atoms with van der Waals surface area (Å²) < 4.78 is -0.0255. The third kappa shape index (κ3) is 1.35. The van der Waals surface area contributed by atoms with Crippen molar-refractivity contribution in [1.29, 1.82) is 0 Å². The average Bonchev–Trinajstić information content (AvgIpc) is 2.89. The highest BCUT2D eigenvalue weighted by Gasteiger charge is 2.51. The molecule has 2 saturated carbocycles. The van der Waals surface area contributed by atoms with Crippen molar-refractivity contribution >= 4 is 17.7 Å². The van der Waals surface area contributed by atoms with Gasteiger partial charge in [0.05, 0.1) is 4.75 Å². The van der Waals surface area contributed by atoms with Crippen LogP contribution in [0, 0.1) is 5.92 Å². The SMILES string of the molecule is CSC1(C(=O)NC2CC2C)CC1. The molecular weight excluding hydrogens is 170 g/mol. The highest BCUT2D eigenvalue weighted by molar-refractivity contribution is 8.01. The maximum atomic E-state index is 11.6. The zero-order valence-corrected chi connectivity index (χ0v) is 8.41. The Morgan fingerprint density at radius 1 is 1.58 bits per heavy atom. The molecule has 0 aromatic carbocycles. The molecule has 0 spiro atoms. The standard InChI is InChI=1S/C9H15NOS/c1-6-5-7(6)10-8(11)9(12-2)3-4-9/h6-7H,3-5H2,1-2H3,(H,10,11). The molecule has 0 heterocycles. The van der Waals surface area contributed by atoms with E-state index in [2.05, 4.69) is 12.2 Å². The highest BCUT2D eigenvalue weighted by Crippen LogP contribution is 2.48. The molecule has 0 aliphatic heterocycles. The van der Waals surface area contributed by atoms with E-state index in [-0.39, 0.29) is 10.7 Å². The van der Waals surface area contributed by atoms with E-state index in [0.29, 0.717) is 12.0 Å². The van der Waals surface area contributed by atoms with Gasteiger partial charge < -0.3 is 5.32 Å². The van der Waals surface area contributed by atoms with Crippen LogP contribution in [0.4, 0.5) is 0 Å². The molecule has 2 nitrogen and oxygen atoms in total. The molecule has 2 aliphatic carbocycles. The van der Waals surface area contributed by atoms with Crippen molar-refractivity contribution in [3.05, 3.63) is 0 Å². The molecule has 0 saturated heterocycles. The van der Waals surface area contributed by atoms with Crippen LogP contribution in [0.25, 0.3) is 0 Å². The molecule has 2 aliphatic rings. The number of rotatable bonds is 3. The fraction of sp³-hybridized carbons (Fsp3) is 0.889. The number of carbonyl (C=O) groups is 1. The van der Waals surface area contributed by atoms with Crippen molar-refractivity contribution in [3.63, 3.8) is 0 Å². The van der Waals surface area contributed by atoms with Gasteiger partial charge in [-0.1, -0.05) is 6.92 Å². The second-order valence-electron chi connectivity index (χ2n) is 3.99. The number of hydrogen-bond acceptors (Lipinski definition) is 2. The Balaban J connectivity index is 1.84. The highest BCUT2D eigenvalue weighted by atomic mass is 32.2. The van der Waals surface area contributed by atoms with E-state index in [4.69, 9.17) is 0 Å². The maximum absolute atomic E-state index is 11.6. The monoisotopic (exact) mass is 185 g/mol. The zero-order chi connectivity index (χ0) is 8.77. The van der Waals surface area contributed by atoms with Crippen LogP contribution >= 0.6 is 11.8 Å². The van der Waals surface area contributed by atoms with E-state index in [1.54, 1.807) is 11.8 Å². The lowest BCUT2D eigenvalue weighted by molar-refractivity contribution is -0.121. The van der Waals surface area contributed by atoms with Crippen molar-refractivity contribution in [3.8, 4) is 0 Å². The molecule has 3 heteroatoms. The van der Waals surface area contributed by atoms with Gasteiger partial charge in [-0.05, 0) is 31.4 Å². The lowest BCUT2D eigenvalue weighted by Gasteiger charge is -2.11. The number of thioether (sulfide) groups is 1. The van der Waals surface area contributed by atoms with Crippen molar-refractivity contribution in [1.82, 2.24) is 5.32 Å². The van der Waals surface area contributed by atoms with E-state index in [9.17, 15) is 4.79 Å². The molecule has 0 radical (unpaired) electrons. The Hall–Kier alpha value is -0.180. The first kappa shape index (κ1) is 8.42. The van der Waals surface area contributed by atoms with Crippen LogP contribution < -0.4 is 5.32 Å². The van der Waals surface area contributed by atoms with Gasteiger partial charge in [-0.2, -0.15) is 0 Å². The Bertz CT molecular complexity index is 213. The Labute approximate surface area is 77.5 Å². The quantitative estimate of drug-likeness (QED) is 0.720. The van der Waals surface area contributed by atoms with E-state index in [1.165, 1.54) is 6.42 Å². The summed E-state index contributed by atoms with van der Waals surface area (Å²) in [5.74, 6) is 0.996. The van der Waals surface area contributed by atoms with Crippen LogP contribution in [-0.2, 0) is 4.79 Å². The summed E-state index contributed by atoms with van der Waals surface area (Å²) in [7, 11) is 0. The molecule has 2 fully saturated rings. The number of nitrogens with one attached hydrogen (secondary N) is 1. The van der Waals surface area contributed by atoms with Crippen molar-refractivity contribution in [2.45, 2.75) is 37.0 Å². The van der Waals surface area contributed by atoms with Crippen LogP contribution in [-0.4, -0.2) is 23.0 Å². The molecule has 1 amide bonds. The Morgan fingerprint density at radius 2 is 2.17 bits per heavy atom. The van der Waals surface area contributed by atoms with Gasteiger partial charge in [0.15, 0.2) is 0 Å². The van der Waals surface area contributed by atoms with Gasteiger partial charge in [-0.25, -0.2) is 0 Å². The number of carbonyl (C=O) groups excluding carboxylic acids is 1. The fourth-order valence-electron chi connectivity index (χ4n) is 1.46. The largest absolute Gasteiger partial charge is 0.352 e. The normalized spacial score (nSPS) is 35.8. The molecule has 68 valence electrons. The minimum Gasteiger partial charge on any atom is -0.352 e. The Kier molecular flexibility index (Phi) is 1.86. The van der Waals surface area contributed by atoms with Crippen LogP contribution in [0.15, 0.2) is 0 Å². The molecular formula is C9H15NOS. The maximum Gasteiger partial charge on any atom is 0.236 e. The summed E-state index contributed by atoms with van der Waals surface area (Å²) in [4.78, 5) is 11.6. The smallest absolute Gasteiger partial charge is 0.236 e. The fourth-order valence-corrected chi connectivity index (χ4v) is 2.22. The van der Waals surface area contributed by atoms with E-state index >= 15 is 0 Å². The predicted octanol–water partition coefficient (Wildman–Crippen LogP) is 1.41. The van der Waals surface area contributed by atoms with Crippen molar-refractivity contribution < 1.29 is 4.79 Å². The molecule has 12 heavy (non-hydrogen) atoms. The van der Waals surface area contributed by atoms with Crippen LogP contribution in [0.3, 0.4) is 0 Å². The van der Waals surface area contributed by atoms with Gasteiger partial charge in [0.25, 0.3) is 0 Å². The van der Waals surface area contributed by atoms with Gasteiger partial charge in [-0.3, -0.25) is 4.79 Å². The average molecular weight is 185 g/mol. The summed E-state index contributed by atoms with van der Waals surface area (Å²) in [6, 6.07) is 0.488. The first-order valence-electron chi connectivity index (χ1n) is 4.54. The number of amides is 1. The topological polar surface area (TPSA) is 29.1 Å². The zero-order valence-electron chi connectivity index (χ0n) is 7.59. The van der Waals surface area contributed by atoms with Crippen molar-refractivity contribution in [2.75, 3.05) is 6.26 Å². The second-order valence-corrected chi connectivity index (χ2v) is 5.18. The molecule has 2 atom stereocenters.